The second-order valence-corrected chi connectivity index (χ2v) is 7.14. The number of fused-ring (bicyclic) bond motifs is 1. The van der Waals surface area contributed by atoms with Gasteiger partial charge < -0.3 is 10.1 Å². The van der Waals surface area contributed by atoms with Gasteiger partial charge in [0.2, 0.25) is 11.8 Å². The number of anilines is 1. The molecule has 150 valence electrons. The van der Waals surface area contributed by atoms with Gasteiger partial charge in [0, 0.05) is 18.8 Å². The lowest BCUT2D eigenvalue weighted by Crippen LogP contribution is -2.24. The monoisotopic (exact) mass is 396 g/mol. The number of alkyl halides is 3. The van der Waals surface area contributed by atoms with Gasteiger partial charge in [-0.3, -0.25) is 9.78 Å². The maximum atomic E-state index is 12.3. The van der Waals surface area contributed by atoms with Crippen molar-refractivity contribution in [1.29, 1.82) is 0 Å². The molecule has 0 aliphatic rings. The number of ether oxygens (including phenoxy) is 1. The van der Waals surface area contributed by atoms with Crippen LogP contribution in [0.4, 0.5) is 19.1 Å². The average Bonchev–Trinajstić information content (AvgIpc) is 3.03. The second-order valence-electron chi connectivity index (χ2n) is 7.14. The van der Waals surface area contributed by atoms with Crippen molar-refractivity contribution in [2.24, 2.45) is 0 Å². The predicted molar refractivity (Wildman–Crippen MR) is 96.3 cm³/mol. The minimum atomic E-state index is -4.44. The van der Waals surface area contributed by atoms with E-state index in [1.807, 2.05) is 20.8 Å². The highest BCUT2D eigenvalue weighted by Gasteiger charge is 2.28. The molecule has 3 aromatic rings. The fourth-order valence-corrected chi connectivity index (χ4v) is 2.47. The molecule has 3 aromatic heterocycles. The average molecular weight is 396 g/mol. The summed E-state index contributed by atoms with van der Waals surface area (Å²) >= 11 is 0. The summed E-state index contributed by atoms with van der Waals surface area (Å²) in [7, 11) is 0. The van der Waals surface area contributed by atoms with E-state index in [9.17, 15) is 18.0 Å². The number of H-pyrrole nitrogens is 1. The molecule has 0 fully saturated rings. The van der Waals surface area contributed by atoms with Crippen LogP contribution in [0.25, 0.3) is 11.0 Å². The summed E-state index contributed by atoms with van der Waals surface area (Å²) in [6.45, 7) is 4.60. The molecule has 3 rings (SSSR count). The summed E-state index contributed by atoms with van der Waals surface area (Å²) in [6.07, 6.45) is -1.63. The van der Waals surface area contributed by atoms with Gasteiger partial charge in [0.15, 0.2) is 12.3 Å². The molecule has 0 amide bonds. The molecule has 0 unspecified atom stereocenters. The Hall–Kier alpha value is -3.11. The normalized spacial score (nSPS) is 12.4. The second kappa shape index (κ2) is 7.13. The van der Waals surface area contributed by atoms with E-state index >= 15 is 0 Å². The van der Waals surface area contributed by atoms with Gasteiger partial charge in [0.1, 0.15) is 5.39 Å². The Bertz CT molecular complexity index is 1040. The van der Waals surface area contributed by atoms with Crippen molar-refractivity contribution in [2.75, 3.05) is 11.9 Å². The van der Waals surface area contributed by atoms with Crippen LogP contribution in [0.5, 0.6) is 5.88 Å². The van der Waals surface area contributed by atoms with Crippen LogP contribution in [-0.4, -0.2) is 37.5 Å². The number of rotatable bonds is 5. The van der Waals surface area contributed by atoms with Crippen molar-refractivity contribution in [3.05, 3.63) is 40.4 Å². The third-order valence-corrected chi connectivity index (χ3v) is 3.72. The lowest BCUT2D eigenvalue weighted by molar-refractivity contribution is -0.154. The maximum Gasteiger partial charge on any atom is 0.422 e. The Kier molecular flexibility index (Phi) is 5.01. The molecule has 0 aliphatic heterocycles. The van der Waals surface area contributed by atoms with Crippen LogP contribution in [0.3, 0.4) is 0 Å². The summed E-state index contributed by atoms with van der Waals surface area (Å²) in [5.41, 5.74) is 0.337. The minimum absolute atomic E-state index is 0.140. The molecule has 0 saturated carbocycles. The zero-order chi connectivity index (χ0) is 20.5. The van der Waals surface area contributed by atoms with Gasteiger partial charge in [-0.25, -0.2) is 9.67 Å². The van der Waals surface area contributed by atoms with Crippen LogP contribution in [0.2, 0.25) is 0 Å². The lowest BCUT2D eigenvalue weighted by atomic mass is 10.1. The highest BCUT2D eigenvalue weighted by molar-refractivity contribution is 5.74. The molecule has 2 N–H and O–H groups in total. The van der Waals surface area contributed by atoms with Gasteiger partial charge >= 0.3 is 6.18 Å². The Morgan fingerprint density at radius 2 is 2.04 bits per heavy atom. The number of hydrogen-bond acceptors (Lipinski definition) is 6. The summed E-state index contributed by atoms with van der Waals surface area (Å²) in [4.78, 5) is 23.0. The lowest BCUT2D eigenvalue weighted by Gasteiger charge is -2.19. The van der Waals surface area contributed by atoms with Crippen molar-refractivity contribution >= 4 is 17.0 Å². The molecule has 11 heteroatoms. The number of halogens is 3. The van der Waals surface area contributed by atoms with Gasteiger partial charge in [-0.05, 0) is 32.4 Å². The van der Waals surface area contributed by atoms with E-state index in [0.29, 0.717) is 16.6 Å². The Morgan fingerprint density at radius 1 is 1.29 bits per heavy atom. The van der Waals surface area contributed by atoms with Crippen molar-refractivity contribution in [2.45, 2.75) is 39.0 Å². The van der Waals surface area contributed by atoms with Crippen molar-refractivity contribution in [3.63, 3.8) is 0 Å². The third kappa shape index (κ3) is 4.59. The molecule has 0 atom stereocenters. The van der Waals surface area contributed by atoms with Crippen molar-refractivity contribution < 1.29 is 17.9 Å². The fraction of sp³-hybridized carbons (Fsp3) is 0.412. The first-order valence-corrected chi connectivity index (χ1v) is 8.40. The summed E-state index contributed by atoms with van der Waals surface area (Å²) < 4.78 is 43.0. The SMILES string of the molecule is CC(C)(C)n1ncc2c(=O)[nH]c(NCc3ccnc(OCC(F)(F)F)c3)nc21. The van der Waals surface area contributed by atoms with Crippen LogP contribution in [-0.2, 0) is 12.1 Å². The maximum absolute atomic E-state index is 12.3. The molecular weight excluding hydrogens is 377 g/mol. The fourth-order valence-electron chi connectivity index (χ4n) is 2.47. The number of pyridine rings is 1. The topological polar surface area (TPSA) is 97.7 Å². The minimum Gasteiger partial charge on any atom is -0.468 e. The smallest absolute Gasteiger partial charge is 0.422 e. The van der Waals surface area contributed by atoms with Crippen LogP contribution in [0, 0.1) is 0 Å². The Morgan fingerprint density at radius 3 is 2.71 bits per heavy atom. The number of aromatic nitrogens is 5. The number of hydrogen-bond donors (Lipinski definition) is 2. The first kappa shape index (κ1) is 19.6. The largest absolute Gasteiger partial charge is 0.468 e. The number of nitrogens with zero attached hydrogens (tertiary/aromatic N) is 4. The standard InChI is InChI=1S/C17H19F3N6O2/c1-16(2,3)26-13-11(8-23-26)14(27)25-15(24-13)22-7-10-4-5-21-12(6-10)28-9-17(18,19)20/h4-6,8H,7,9H2,1-3H3,(H2,22,24,25,27). The molecule has 0 spiro atoms. The molecule has 3 heterocycles. The first-order chi connectivity index (χ1) is 13.0. The molecule has 0 aromatic carbocycles. The number of nitrogens with one attached hydrogen (secondary N) is 2. The van der Waals surface area contributed by atoms with Gasteiger partial charge in [0.05, 0.1) is 11.7 Å². The Labute approximate surface area is 157 Å². The third-order valence-electron chi connectivity index (χ3n) is 3.72. The van der Waals surface area contributed by atoms with E-state index in [-0.39, 0.29) is 29.5 Å². The van der Waals surface area contributed by atoms with Gasteiger partial charge in [-0.15, -0.1) is 0 Å². The molecular formula is C17H19F3N6O2. The van der Waals surface area contributed by atoms with Crippen LogP contribution < -0.4 is 15.6 Å². The zero-order valence-corrected chi connectivity index (χ0v) is 15.5. The predicted octanol–water partition coefficient (Wildman–Crippen LogP) is 2.82. The van der Waals surface area contributed by atoms with Crippen LogP contribution in [0.1, 0.15) is 26.3 Å². The van der Waals surface area contributed by atoms with E-state index in [0.717, 1.165) is 0 Å². The summed E-state index contributed by atoms with van der Waals surface area (Å²) in [6, 6.07) is 3.00. The van der Waals surface area contributed by atoms with E-state index < -0.39 is 12.8 Å². The molecule has 0 saturated heterocycles. The summed E-state index contributed by atoms with van der Waals surface area (Å²) in [5.74, 6) is 0.0809. The molecule has 8 nitrogen and oxygen atoms in total. The molecule has 0 radical (unpaired) electrons. The molecule has 0 bridgehead atoms. The van der Waals surface area contributed by atoms with Crippen LogP contribution >= 0.6 is 0 Å². The summed E-state index contributed by atoms with van der Waals surface area (Å²) in [5, 5.41) is 7.54. The molecule has 28 heavy (non-hydrogen) atoms. The van der Waals surface area contributed by atoms with Crippen LogP contribution in [0.15, 0.2) is 29.3 Å². The van der Waals surface area contributed by atoms with E-state index in [1.165, 1.54) is 18.5 Å². The Balaban J connectivity index is 1.78. The highest BCUT2D eigenvalue weighted by Crippen LogP contribution is 2.20. The highest BCUT2D eigenvalue weighted by atomic mass is 19.4. The van der Waals surface area contributed by atoms with E-state index in [4.69, 9.17) is 0 Å². The van der Waals surface area contributed by atoms with Gasteiger partial charge in [-0.2, -0.15) is 23.3 Å². The van der Waals surface area contributed by atoms with Crippen molar-refractivity contribution in [1.82, 2.24) is 24.7 Å². The molecule has 0 aliphatic carbocycles. The van der Waals surface area contributed by atoms with E-state index in [2.05, 4.69) is 30.1 Å². The zero-order valence-electron chi connectivity index (χ0n) is 15.5. The van der Waals surface area contributed by atoms with Gasteiger partial charge in [-0.1, -0.05) is 0 Å². The quantitative estimate of drug-likeness (QED) is 0.688. The number of aromatic amines is 1. The van der Waals surface area contributed by atoms with E-state index in [1.54, 1.807) is 10.7 Å². The first-order valence-electron chi connectivity index (χ1n) is 8.40. The van der Waals surface area contributed by atoms with Gasteiger partial charge in [0.25, 0.3) is 5.56 Å². The van der Waals surface area contributed by atoms with Crippen molar-refractivity contribution in [3.8, 4) is 5.88 Å².